The number of thioether (sulfide) groups is 1. The number of ether oxygens (including phenoxy) is 1. The van der Waals surface area contributed by atoms with Crippen LogP contribution in [-0.2, 0) is 16.0 Å². The lowest BCUT2D eigenvalue weighted by atomic mass is 10.1. The van der Waals surface area contributed by atoms with Gasteiger partial charge in [-0.05, 0) is 67.7 Å². The summed E-state index contributed by atoms with van der Waals surface area (Å²) in [5.74, 6) is 0.294. The third-order valence-electron chi connectivity index (χ3n) is 5.83. The van der Waals surface area contributed by atoms with E-state index in [1.54, 1.807) is 17.0 Å². The molecule has 4 rings (SSSR count). The van der Waals surface area contributed by atoms with Gasteiger partial charge in [0.25, 0.3) is 11.8 Å². The van der Waals surface area contributed by atoms with Crippen molar-refractivity contribution in [1.29, 1.82) is 0 Å². The number of aryl methyl sites for hydroxylation is 3. The van der Waals surface area contributed by atoms with Gasteiger partial charge in [-0.2, -0.15) is 0 Å². The summed E-state index contributed by atoms with van der Waals surface area (Å²) in [6.07, 6.45) is 2.59. The Kier molecular flexibility index (Phi) is 8.23. The van der Waals surface area contributed by atoms with E-state index in [4.69, 9.17) is 17.0 Å². The summed E-state index contributed by atoms with van der Waals surface area (Å²) >= 11 is 6.76. The molecule has 3 aromatic rings. The number of thiocarbonyl (C=S) groups is 1. The fourth-order valence-electron chi connectivity index (χ4n) is 4.09. The van der Waals surface area contributed by atoms with E-state index in [0.717, 1.165) is 34.4 Å². The Labute approximate surface area is 221 Å². The van der Waals surface area contributed by atoms with Crippen molar-refractivity contribution in [3.05, 3.63) is 99.5 Å². The molecular weight excluding hydrogens is 488 g/mol. The molecule has 1 N–H and O–H groups in total. The molecule has 0 bridgehead atoms. The number of hydrogen-bond acceptors (Lipinski definition) is 5. The molecular formula is C29H28N2O3S2. The SMILES string of the molecule is Cc1cc(C)c(NC(=O)COc2ccc(/C=C3\SC(=S)N(CCc4ccccc4)C3=O)cc2)c(C)c1. The lowest BCUT2D eigenvalue weighted by Gasteiger charge is -2.14. The number of hydrogen-bond donors (Lipinski definition) is 1. The summed E-state index contributed by atoms with van der Waals surface area (Å²) in [6.45, 7) is 6.46. The summed E-state index contributed by atoms with van der Waals surface area (Å²) in [5, 5.41) is 2.94. The molecule has 0 atom stereocenters. The molecule has 36 heavy (non-hydrogen) atoms. The summed E-state index contributed by atoms with van der Waals surface area (Å²) in [7, 11) is 0. The summed E-state index contributed by atoms with van der Waals surface area (Å²) in [4.78, 5) is 27.6. The zero-order valence-electron chi connectivity index (χ0n) is 20.5. The number of nitrogens with zero attached hydrogens (tertiary/aromatic N) is 1. The quantitative estimate of drug-likeness (QED) is 0.291. The van der Waals surface area contributed by atoms with Gasteiger partial charge in [-0.1, -0.05) is 84.1 Å². The second-order valence-electron chi connectivity index (χ2n) is 8.75. The van der Waals surface area contributed by atoms with Crippen molar-refractivity contribution in [3.63, 3.8) is 0 Å². The van der Waals surface area contributed by atoms with Crippen molar-refractivity contribution < 1.29 is 14.3 Å². The molecule has 7 heteroatoms. The van der Waals surface area contributed by atoms with E-state index in [9.17, 15) is 9.59 Å². The van der Waals surface area contributed by atoms with Crippen LogP contribution in [0.3, 0.4) is 0 Å². The number of benzene rings is 3. The fourth-order valence-corrected chi connectivity index (χ4v) is 5.40. The monoisotopic (exact) mass is 516 g/mol. The lowest BCUT2D eigenvalue weighted by Crippen LogP contribution is -2.30. The van der Waals surface area contributed by atoms with Gasteiger partial charge in [0, 0.05) is 12.2 Å². The molecule has 5 nitrogen and oxygen atoms in total. The first-order valence-electron chi connectivity index (χ1n) is 11.7. The number of nitrogens with one attached hydrogen (secondary N) is 1. The number of carbonyl (C=O) groups is 2. The Morgan fingerprint density at radius 2 is 1.69 bits per heavy atom. The van der Waals surface area contributed by atoms with Crippen LogP contribution in [0, 0.1) is 20.8 Å². The van der Waals surface area contributed by atoms with Crippen LogP contribution in [-0.4, -0.2) is 34.2 Å². The number of anilines is 1. The third kappa shape index (κ3) is 6.42. The van der Waals surface area contributed by atoms with Crippen LogP contribution in [0.1, 0.15) is 27.8 Å². The predicted molar refractivity (Wildman–Crippen MR) is 151 cm³/mol. The minimum Gasteiger partial charge on any atom is -0.484 e. The molecule has 0 aliphatic carbocycles. The molecule has 1 saturated heterocycles. The maximum Gasteiger partial charge on any atom is 0.266 e. The second-order valence-corrected chi connectivity index (χ2v) is 10.4. The Bertz CT molecular complexity index is 1300. The molecule has 184 valence electrons. The van der Waals surface area contributed by atoms with Crippen molar-refractivity contribution in [3.8, 4) is 5.75 Å². The van der Waals surface area contributed by atoms with Crippen molar-refractivity contribution >= 4 is 51.9 Å². The lowest BCUT2D eigenvalue weighted by molar-refractivity contribution is -0.122. The normalized spacial score (nSPS) is 14.4. The minimum absolute atomic E-state index is 0.0698. The van der Waals surface area contributed by atoms with Crippen LogP contribution in [0.4, 0.5) is 5.69 Å². The zero-order chi connectivity index (χ0) is 25.7. The molecule has 1 aliphatic heterocycles. The third-order valence-corrected chi connectivity index (χ3v) is 7.21. The molecule has 0 unspecified atom stereocenters. The van der Waals surface area contributed by atoms with Crippen LogP contribution in [0.2, 0.25) is 0 Å². The van der Waals surface area contributed by atoms with Crippen LogP contribution in [0.5, 0.6) is 5.75 Å². The molecule has 0 spiro atoms. The molecule has 0 aromatic heterocycles. The van der Waals surface area contributed by atoms with E-state index in [-0.39, 0.29) is 18.4 Å². The van der Waals surface area contributed by atoms with Crippen molar-refractivity contribution in [1.82, 2.24) is 4.90 Å². The van der Waals surface area contributed by atoms with Crippen molar-refractivity contribution in [2.45, 2.75) is 27.2 Å². The molecule has 2 amide bonds. The Hall–Kier alpha value is -3.42. The van der Waals surface area contributed by atoms with Crippen LogP contribution < -0.4 is 10.1 Å². The zero-order valence-corrected chi connectivity index (χ0v) is 22.2. The van der Waals surface area contributed by atoms with E-state index in [0.29, 0.717) is 21.5 Å². The smallest absolute Gasteiger partial charge is 0.266 e. The summed E-state index contributed by atoms with van der Waals surface area (Å²) in [5.41, 5.74) is 6.07. The molecule has 1 heterocycles. The maximum absolute atomic E-state index is 12.9. The first kappa shape index (κ1) is 25.7. The maximum atomic E-state index is 12.9. The number of rotatable bonds is 8. The van der Waals surface area contributed by atoms with Gasteiger partial charge in [-0.3, -0.25) is 14.5 Å². The first-order chi connectivity index (χ1) is 17.3. The predicted octanol–water partition coefficient (Wildman–Crippen LogP) is 6.07. The summed E-state index contributed by atoms with van der Waals surface area (Å²) in [6, 6.07) is 21.4. The highest BCUT2D eigenvalue weighted by Crippen LogP contribution is 2.33. The highest BCUT2D eigenvalue weighted by molar-refractivity contribution is 8.26. The Morgan fingerprint density at radius 1 is 1.03 bits per heavy atom. The van der Waals surface area contributed by atoms with E-state index in [2.05, 4.69) is 5.32 Å². The highest BCUT2D eigenvalue weighted by atomic mass is 32.2. The molecule has 3 aromatic carbocycles. The largest absolute Gasteiger partial charge is 0.484 e. The standard InChI is InChI=1S/C29H28N2O3S2/c1-19-15-20(2)27(21(3)16-19)30-26(32)18-34-24-11-9-23(10-12-24)17-25-28(33)31(29(35)36-25)14-13-22-7-5-4-6-8-22/h4-12,15-17H,13-14,18H2,1-3H3,(H,30,32)/b25-17-. The van der Waals surface area contributed by atoms with Gasteiger partial charge in [-0.25, -0.2) is 0 Å². The van der Waals surface area contributed by atoms with Crippen LogP contribution in [0.15, 0.2) is 71.6 Å². The average Bonchev–Trinajstić information content (AvgIpc) is 3.12. The van der Waals surface area contributed by atoms with Crippen molar-refractivity contribution in [2.75, 3.05) is 18.5 Å². The van der Waals surface area contributed by atoms with Gasteiger partial charge in [0.2, 0.25) is 0 Å². The topological polar surface area (TPSA) is 58.6 Å². The number of amides is 2. The van der Waals surface area contributed by atoms with E-state index < -0.39 is 0 Å². The Morgan fingerprint density at radius 3 is 2.36 bits per heavy atom. The van der Waals surface area contributed by atoms with Crippen LogP contribution in [0.25, 0.3) is 6.08 Å². The molecule has 0 radical (unpaired) electrons. The van der Waals surface area contributed by atoms with Gasteiger partial charge in [0.05, 0.1) is 4.91 Å². The van der Waals surface area contributed by atoms with Crippen molar-refractivity contribution in [2.24, 2.45) is 0 Å². The van der Waals surface area contributed by atoms with Gasteiger partial charge in [-0.15, -0.1) is 0 Å². The van der Waals surface area contributed by atoms with E-state index >= 15 is 0 Å². The van der Waals surface area contributed by atoms with Gasteiger partial charge in [0.1, 0.15) is 10.1 Å². The number of carbonyl (C=O) groups excluding carboxylic acids is 2. The fraction of sp³-hybridized carbons (Fsp3) is 0.207. The van der Waals surface area contributed by atoms with Gasteiger partial charge in [0.15, 0.2) is 6.61 Å². The molecule has 1 fully saturated rings. The molecule has 0 saturated carbocycles. The van der Waals surface area contributed by atoms with E-state index in [1.807, 2.05) is 81.4 Å². The minimum atomic E-state index is -0.215. The van der Waals surface area contributed by atoms with Crippen LogP contribution >= 0.6 is 24.0 Å². The van der Waals surface area contributed by atoms with Gasteiger partial charge < -0.3 is 10.1 Å². The average molecular weight is 517 g/mol. The Balaban J connectivity index is 1.32. The second kappa shape index (κ2) is 11.5. The first-order valence-corrected chi connectivity index (χ1v) is 12.9. The summed E-state index contributed by atoms with van der Waals surface area (Å²) < 4.78 is 6.24. The van der Waals surface area contributed by atoms with E-state index in [1.165, 1.54) is 17.3 Å². The van der Waals surface area contributed by atoms with Gasteiger partial charge >= 0.3 is 0 Å². The molecule has 1 aliphatic rings. The highest BCUT2D eigenvalue weighted by Gasteiger charge is 2.31.